The lowest BCUT2D eigenvalue weighted by Crippen LogP contribution is -2.14. The van der Waals surface area contributed by atoms with E-state index in [4.69, 9.17) is 5.73 Å². The summed E-state index contributed by atoms with van der Waals surface area (Å²) in [6.45, 7) is 2.04. The van der Waals surface area contributed by atoms with Gasteiger partial charge in [0.05, 0.1) is 21.7 Å². The fourth-order valence-corrected chi connectivity index (χ4v) is 3.61. The Hall–Kier alpha value is -4.46. The molecule has 0 atom stereocenters. The number of ketones is 1. The van der Waals surface area contributed by atoms with Crippen LogP contribution in [-0.4, -0.2) is 21.0 Å². The zero-order valence-electron chi connectivity index (χ0n) is 17.2. The van der Waals surface area contributed by atoms with Crippen molar-refractivity contribution in [3.63, 3.8) is 0 Å². The molecule has 160 valence electrons. The van der Waals surface area contributed by atoms with Crippen LogP contribution in [0.15, 0.2) is 72.9 Å². The third-order valence-corrected chi connectivity index (χ3v) is 5.26. The Labute approximate surface area is 183 Å². The molecule has 0 fully saturated rings. The molecular formula is C24H20N4O4. The Kier molecular flexibility index (Phi) is 5.43. The molecule has 8 nitrogen and oxygen atoms in total. The van der Waals surface area contributed by atoms with Crippen molar-refractivity contribution in [2.45, 2.75) is 13.3 Å². The highest BCUT2D eigenvalue weighted by atomic mass is 16.6. The number of nitro benzene ring substituents is 1. The normalized spacial score (nSPS) is 10.8. The number of nitrogens with zero attached hydrogens (tertiary/aromatic N) is 2. The maximum absolute atomic E-state index is 13.3. The van der Waals surface area contributed by atoms with Crippen molar-refractivity contribution in [3.8, 4) is 0 Å². The summed E-state index contributed by atoms with van der Waals surface area (Å²) in [4.78, 5) is 36.9. The van der Waals surface area contributed by atoms with E-state index in [1.54, 1.807) is 36.5 Å². The number of rotatable bonds is 6. The Morgan fingerprint density at radius 2 is 1.81 bits per heavy atom. The Balaban J connectivity index is 1.78. The number of amides is 1. The van der Waals surface area contributed by atoms with Gasteiger partial charge in [-0.1, -0.05) is 37.3 Å². The van der Waals surface area contributed by atoms with Crippen LogP contribution in [0.3, 0.4) is 0 Å². The lowest BCUT2D eigenvalue weighted by Gasteiger charge is -2.06. The molecule has 0 aliphatic heterocycles. The van der Waals surface area contributed by atoms with Gasteiger partial charge in [-0.3, -0.25) is 19.7 Å². The molecule has 2 heterocycles. The molecule has 0 aliphatic carbocycles. The maximum atomic E-state index is 13.3. The molecule has 3 N–H and O–H groups in total. The first-order valence-corrected chi connectivity index (χ1v) is 9.98. The first kappa shape index (κ1) is 20.8. The van der Waals surface area contributed by atoms with Gasteiger partial charge in [-0.2, -0.15) is 0 Å². The lowest BCUT2D eigenvalue weighted by atomic mass is 10.1. The van der Waals surface area contributed by atoms with Crippen LogP contribution >= 0.6 is 0 Å². The summed E-state index contributed by atoms with van der Waals surface area (Å²) in [5.41, 5.74) is 8.68. The first-order chi connectivity index (χ1) is 15.4. The van der Waals surface area contributed by atoms with Crippen LogP contribution in [0.4, 0.5) is 17.1 Å². The molecule has 4 rings (SSSR count). The zero-order valence-corrected chi connectivity index (χ0v) is 17.2. The highest BCUT2D eigenvalue weighted by molar-refractivity contribution is 6.20. The maximum Gasteiger partial charge on any atom is 0.270 e. The third-order valence-electron chi connectivity index (χ3n) is 5.26. The number of nitro groups is 1. The molecule has 0 unspecified atom stereocenters. The van der Waals surface area contributed by atoms with Crippen molar-refractivity contribution in [2.24, 2.45) is 0 Å². The molecule has 0 saturated carbocycles. The first-order valence-electron chi connectivity index (χ1n) is 9.98. The standard InChI is InChI=1S/C24H20N4O4/c1-2-15-9-11-17(12-10-15)26-24(30)20-19-8-3-4-13-27(19)22(21(20)25)23(29)16-6-5-7-18(14-16)28(31)32/h3-14H,2,25H2,1H3,(H,26,30). The van der Waals surface area contributed by atoms with Crippen molar-refractivity contribution in [3.05, 3.63) is 105 Å². The Bertz CT molecular complexity index is 1360. The van der Waals surface area contributed by atoms with Crippen LogP contribution in [-0.2, 0) is 6.42 Å². The number of pyridine rings is 1. The van der Waals surface area contributed by atoms with Crippen molar-refractivity contribution >= 4 is 34.3 Å². The largest absolute Gasteiger partial charge is 0.396 e. The van der Waals surface area contributed by atoms with Gasteiger partial charge in [-0.15, -0.1) is 0 Å². The van der Waals surface area contributed by atoms with Gasteiger partial charge in [0.2, 0.25) is 5.78 Å². The SMILES string of the molecule is CCc1ccc(NC(=O)c2c(N)c(C(=O)c3cccc([N+](=O)[O-])c3)n3ccccc23)cc1. The van der Waals surface area contributed by atoms with Crippen LogP contribution in [0.25, 0.3) is 5.52 Å². The molecule has 32 heavy (non-hydrogen) atoms. The minimum atomic E-state index is -0.570. The van der Waals surface area contributed by atoms with Crippen LogP contribution in [0.1, 0.15) is 38.9 Å². The summed E-state index contributed by atoms with van der Waals surface area (Å²) in [6, 6.07) is 18.0. The van der Waals surface area contributed by atoms with Gasteiger partial charge in [0.25, 0.3) is 11.6 Å². The van der Waals surface area contributed by atoms with Crippen LogP contribution in [0, 0.1) is 10.1 Å². The van der Waals surface area contributed by atoms with E-state index in [0.29, 0.717) is 11.2 Å². The van der Waals surface area contributed by atoms with Crippen molar-refractivity contribution in [2.75, 3.05) is 11.1 Å². The van der Waals surface area contributed by atoms with E-state index < -0.39 is 16.6 Å². The molecule has 0 spiro atoms. The topological polar surface area (TPSA) is 120 Å². The summed E-state index contributed by atoms with van der Waals surface area (Å²) in [7, 11) is 0. The van der Waals surface area contributed by atoms with Crippen LogP contribution in [0.2, 0.25) is 0 Å². The molecule has 0 aliphatic rings. The van der Waals surface area contributed by atoms with Gasteiger partial charge in [0, 0.05) is 29.6 Å². The zero-order chi connectivity index (χ0) is 22.8. The van der Waals surface area contributed by atoms with Gasteiger partial charge in [-0.25, -0.2) is 0 Å². The van der Waals surface area contributed by atoms with E-state index in [0.717, 1.165) is 12.0 Å². The molecule has 0 radical (unpaired) electrons. The van der Waals surface area contributed by atoms with Gasteiger partial charge in [0.1, 0.15) is 5.69 Å². The van der Waals surface area contributed by atoms with E-state index in [2.05, 4.69) is 5.32 Å². The number of hydrogen-bond donors (Lipinski definition) is 2. The minimum absolute atomic E-state index is 0.00962. The number of anilines is 2. The Morgan fingerprint density at radius 3 is 2.50 bits per heavy atom. The van der Waals surface area contributed by atoms with Crippen molar-refractivity contribution < 1.29 is 14.5 Å². The van der Waals surface area contributed by atoms with Crippen molar-refractivity contribution in [1.82, 2.24) is 4.40 Å². The van der Waals surface area contributed by atoms with Crippen LogP contribution < -0.4 is 11.1 Å². The van der Waals surface area contributed by atoms with E-state index in [1.165, 1.54) is 28.7 Å². The predicted octanol–water partition coefficient (Wildman–Crippen LogP) is 4.48. The molecule has 0 bridgehead atoms. The van der Waals surface area contributed by atoms with Gasteiger partial charge in [-0.05, 0) is 36.2 Å². The van der Waals surface area contributed by atoms with Crippen molar-refractivity contribution in [1.29, 1.82) is 0 Å². The highest BCUT2D eigenvalue weighted by Crippen LogP contribution is 2.30. The van der Waals surface area contributed by atoms with Gasteiger partial charge in [0.15, 0.2) is 0 Å². The number of nitrogens with one attached hydrogen (secondary N) is 1. The van der Waals surface area contributed by atoms with E-state index in [1.807, 2.05) is 19.1 Å². The number of aromatic nitrogens is 1. The second kappa shape index (κ2) is 8.35. The van der Waals surface area contributed by atoms with E-state index >= 15 is 0 Å². The molecule has 1 amide bonds. The summed E-state index contributed by atoms with van der Waals surface area (Å²) < 4.78 is 1.53. The lowest BCUT2D eigenvalue weighted by molar-refractivity contribution is -0.384. The number of fused-ring (bicyclic) bond motifs is 1. The second-order valence-electron chi connectivity index (χ2n) is 7.23. The van der Waals surface area contributed by atoms with E-state index in [-0.39, 0.29) is 28.2 Å². The van der Waals surface area contributed by atoms with Gasteiger partial charge < -0.3 is 15.5 Å². The number of nitrogen functional groups attached to an aromatic ring is 1. The molecule has 0 saturated heterocycles. The average Bonchev–Trinajstić information content (AvgIpc) is 3.10. The summed E-state index contributed by atoms with van der Waals surface area (Å²) in [5.74, 6) is -0.965. The predicted molar refractivity (Wildman–Crippen MR) is 122 cm³/mol. The average molecular weight is 428 g/mol. The third kappa shape index (κ3) is 3.69. The number of aryl methyl sites for hydroxylation is 1. The summed E-state index contributed by atoms with van der Waals surface area (Å²) >= 11 is 0. The molecule has 2 aromatic heterocycles. The fraction of sp³-hybridized carbons (Fsp3) is 0.0833. The summed E-state index contributed by atoms with van der Waals surface area (Å²) in [5, 5.41) is 13.9. The quantitative estimate of drug-likeness (QED) is 0.267. The van der Waals surface area contributed by atoms with E-state index in [9.17, 15) is 19.7 Å². The minimum Gasteiger partial charge on any atom is -0.396 e. The number of carbonyl (C=O) groups excluding carboxylic acids is 2. The second-order valence-corrected chi connectivity index (χ2v) is 7.23. The van der Waals surface area contributed by atoms with Crippen LogP contribution in [0.5, 0.6) is 0 Å². The molecule has 2 aromatic carbocycles. The molecule has 4 aromatic rings. The molecule has 8 heteroatoms. The monoisotopic (exact) mass is 428 g/mol. The molecular weight excluding hydrogens is 408 g/mol. The number of hydrogen-bond acceptors (Lipinski definition) is 5. The number of benzene rings is 2. The highest BCUT2D eigenvalue weighted by Gasteiger charge is 2.27. The number of carbonyl (C=O) groups is 2. The number of nitrogens with two attached hydrogens (primary N) is 1. The Morgan fingerprint density at radius 1 is 1.06 bits per heavy atom. The summed E-state index contributed by atoms with van der Waals surface area (Å²) in [6.07, 6.45) is 2.51. The fourth-order valence-electron chi connectivity index (χ4n) is 3.61. The smallest absolute Gasteiger partial charge is 0.270 e. The number of non-ortho nitro benzene ring substituents is 1. The van der Waals surface area contributed by atoms with Gasteiger partial charge >= 0.3 is 0 Å².